The van der Waals surface area contributed by atoms with Crippen LogP contribution in [0.4, 0.5) is 17.5 Å². The SMILES string of the molecule is CCCC(=O)Nc1nn(COCC[Si](C)(C)C)c2cc(-c3ccc(N)nc3)ccc12.Nc1ccc(Br)cn1. The third-order valence-electron chi connectivity index (χ3n) is 5.57. The molecule has 202 valence electrons. The number of benzene rings is 1. The Bertz CT molecular complexity index is 1320. The fraction of sp³-hybridized carbons (Fsp3) is 0.333. The van der Waals surface area contributed by atoms with Gasteiger partial charge in [-0.1, -0.05) is 32.6 Å². The van der Waals surface area contributed by atoms with E-state index in [1.54, 1.807) is 24.5 Å². The van der Waals surface area contributed by atoms with E-state index in [4.69, 9.17) is 16.2 Å². The summed E-state index contributed by atoms with van der Waals surface area (Å²) in [6, 6.07) is 14.4. The molecule has 11 heteroatoms. The van der Waals surface area contributed by atoms with E-state index < -0.39 is 8.07 Å². The van der Waals surface area contributed by atoms with Gasteiger partial charge in [0, 0.05) is 48.9 Å². The third kappa shape index (κ3) is 8.93. The van der Waals surface area contributed by atoms with E-state index in [2.05, 4.69) is 56.0 Å². The quantitative estimate of drug-likeness (QED) is 0.155. The van der Waals surface area contributed by atoms with E-state index in [1.165, 1.54) is 0 Å². The lowest BCUT2D eigenvalue weighted by atomic mass is 10.1. The Hall–Kier alpha value is -3.28. The van der Waals surface area contributed by atoms with Crippen LogP contribution in [0.15, 0.2) is 59.3 Å². The molecule has 0 saturated heterocycles. The number of nitrogens with two attached hydrogens (primary N) is 2. The van der Waals surface area contributed by atoms with Gasteiger partial charge in [0.15, 0.2) is 5.82 Å². The highest BCUT2D eigenvalue weighted by atomic mass is 79.9. The molecule has 0 fully saturated rings. The smallest absolute Gasteiger partial charge is 0.225 e. The van der Waals surface area contributed by atoms with Crippen LogP contribution in [0.2, 0.25) is 25.7 Å². The maximum Gasteiger partial charge on any atom is 0.225 e. The van der Waals surface area contributed by atoms with E-state index in [-0.39, 0.29) is 5.91 Å². The van der Waals surface area contributed by atoms with E-state index >= 15 is 0 Å². The first-order chi connectivity index (χ1) is 18.1. The minimum Gasteiger partial charge on any atom is -0.384 e. The normalized spacial score (nSPS) is 11.2. The van der Waals surface area contributed by atoms with Crippen LogP contribution >= 0.6 is 15.9 Å². The van der Waals surface area contributed by atoms with Gasteiger partial charge in [-0.3, -0.25) is 4.79 Å². The van der Waals surface area contributed by atoms with Crippen molar-refractivity contribution in [1.29, 1.82) is 0 Å². The van der Waals surface area contributed by atoms with Gasteiger partial charge in [0.25, 0.3) is 0 Å². The largest absolute Gasteiger partial charge is 0.384 e. The minimum absolute atomic E-state index is 0.0319. The van der Waals surface area contributed by atoms with Crippen molar-refractivity contribution in [3.8, 4) is 11.1 Å². The molecule has 0 aliphatic heterocycles. The molecule has 0 aliphatic rings. The molecule has 5 N–H and O–H groups in total. The molecule has 4 rings (SSSR count). The monoisotopic (exact) mass is 597 g/mol. The first kappa shape index (κ1) is 29.3. The van der Waals surface area contributed by atoms with Gasteiger partial charge in [0.1, 0.15) is 18.4 Å². The van der Waals surface area contributed by atoms with Crippen LogP contribution in [0.3, 0.4) is 0 Å². The van der Waals surface area contributed by atoms with Gasteiger partial charge in [0.2, 0.25) is 5.91 Å². The second kappa shape index (κ2) is 13.5. The molecule has 0 spiro atoms. The maximum absolute atomic E-state index is 12.1. The van der Waals surface area contributed by atoms with Gasteiger partial charge in [-0.05, 0) is 70.4 Å². The second-order valence-electron chi connectivity index (χ2n) is 10.1. The Balaban J connectivity index is 0.000000427. The zero-order valence-electron chi connectivity index (χ0n) is 22.4. The molecule has 3 aromatic heterocycles. The van der Waals surface area contributed by atoms with E-state index in [0.29, 0.717) is 37.2 Å². The van der Waals surface area contributed by atoms with Gasteiger partial charge in [-0.25, -0.2) is 14.6 Å². The van der Waals surface area contributed by atoms with E-state index in [0.717, 1.165) is 39.0 Å². The third-order valence-corrected chi connectivity index (χ3v) is 7.74. The van der Waals surface area contributed by atoms with Gasteiger partial charge >= 0.3 is 0 Å². The molecule has 38 heavy (non-hydrogen) atoms. The summed E-state index contributed by atoms with van der Waals surface area (Å²) in [5, 5.41) is 8.46. The van der Waals surface area contributed by atoms with Gasteiger partial charge in [0.05, 0.1) is 5.52 Å². The molecular weight excluding hydrogens is 562 g/mol. The van der Waals surface area contributed by atoms with Gasteiger partial charge in [-0.2, -0.15) is 5.10 Å². The second-order valence-corrected chi connectivity index (χ2v) is 16.6. The zero-order chi connectivity index (χ0) is 27.7. The Kier molecular flexibility index (Phi) is 10.4. The number of fused-ring (bicyclic) bond motifs is 1. The molecule has 9 nitrogen and oxygen atoms in total. The number of nitrogen functional groups attached to an aromatic ring is 2. The molecule has 4 aromatic rings. The standard InChI is InChI=1S/C22H31N5O2Si.C5H5BrN2/c1-5-6-21(28)25-22-18-9-7-16(17-8-10-20(23)24-14-17)13-19(18)27(26-22)15-29-11-12-30(2,3)4;6-4-1-2-5(7)8-3-4/h7-10,13-14H,5-6,11-12,15H2,1-4H3,(H2,23,24)(H,25,26,28);1-3H,(H2,7,8). The molecule has 1 aromatic carbocycles. The first-order valence-corrected chi connectivity index (χ1v) is 17.0. The Labute approximate surface area is 233 Å². The number of ether oxygens (including phenoxy) is 1. The summed E-state index contributed by atoms with van der Waals surface area (Å²) >= 11 is 3.23. The van der Waals surface area contributed by atoms with Crippen LogP contribution in [0.1, 0.15) is 19.8 Å². The number of nitrogens with zero attached hydrogens (tertiary/aromatic N) is 4. The first-order valence-electron chi connectivity index (χ1n) is 12.5. The van der Waals surface area contributed by atoms with Crippen LogP contribution in [0.25, 0.3) is 22.0 Å². The number of carbonyl (C=O) groups excluding carboxylic acids is 1. The molecule has 0 aliphatic carbocycles. The highest BCUT2D eigenvalue weighted by molar-refractivity contribution is 9.10. The van der Waals surface area contributed by atoms with Crippen molar-refractivity contribution in [2.75, 3.05) is 23.4 Å². The van der Waals surface area contributed by atoms with Crippen molar-refractivity contribution < 1.29 is 9.53 Å². The van der Waals surface area contributed by atoms with Crippen LogP contribution in [-0.4, -0.2) is 40.3 Å². The molecule has 3 heterocycles. The summed E-state index contributed by atoms with van der Waals surface area (Å²) < 4.78 is 8.69. The molecule has 0 radical (unpaired) electrons. The molecule has 0 atom stereocenters. The van der Waals surface area contributed by atoms with Gasteiger partial charge < -0.3 is 21.5 Å². The molecule has 1 amide bonds. The van der Waals surface area contributed by atoms with Crippen molar-refractivity contribution in [1.82, 2.24) is 19.7 Å². The summed E-state index contributed by atoms with van der Waals surface area (Å²) in [6.45, 7) is 10.0. The number of rotatable bonds is 9. The Morgan fingerprint density at radius 1 is 1.03 bits per heavy atom. The molecule has 0 bridgehead atoms. The Morgan fingerprint density at radius 3 is 2.29 bits per heavy atom. The van der Waals surface area contributed by atoms with E-state index in [9.17, 15) is 4.79 Å². The zero-order valence-corrected chi connectivity index (χ0v) is 25.0. The number of amides is 1. The van der Waals surface area contributed by atoms with Crippen molar-refractivity contribution in [2.45, 2.75) is 52.2 Å². The van der Waals surface area contributed by atoms with Crippen molar-refractivity contribution in [3.63, 3.8) is 0 Å². The predicted molar refractivity (Wildman–Crippen MR) is 161 cm³/mol. The lowest BCUT2D eigenvalue weighted by molar-refractivity contribution is -0.116. The summed E-state index contributed by atoms with van der Waals surface area (Å²) in [5.74, 6) is 1.57. The van der Waals surface area contributed by atoms with Crippen LogP contribution in [0.5, 0.6) is 0 Å². The number of carbonyl (C=O) groups is 1. The average Bonchev–Trinajstić information content (AvgIpc) is 3.20. The van der Waals surface area contributed by atoms with Crippen molar-refractivity contribution in [2.24, 2.45) is 0 Å². The number of pyridine rings is 2. The fourth-order valence-electron chi connectivity index (χ4n) is 3.46. The summed E-state index contributed by atoms with van der Waals surface area (Å²) in [7, 11) is -1.16. The number of hydrogen-bond donors (Lipinski definition) is 3. The van der Waals surface area contributed by atoms with Crippen LogP contribution < -0.4 is 16.8 Å². The van der Waals surface area contributed by atoms with Gasteiger partial charge in [-0.15, -0.1) is 0 Å². The highest BCUT2D eigenvalue weighted by Crippen LogP contribution is 2.29. The molecule has 0 unspecified atom stereocenters. The van der Waals surface area contributed by atoms with Crippen LogP contribution in [0, 0.1) is 0 Å². The highest BCUT2D eigenvalue weighted by Gasteiger charge is 2.16. The molecule has 0 saturated carbocycles. The lowest BCUT2D eigenvalue weighted by Crippen LogP contribution is -2.22. The number of aromatic nitrogens is 4. The maximum atomic E-state index is 12.1. The van der Waals surface area contributed by atoms with Crippen molar-refractivity contribution >= 4 is 58.3 Å². The minimum atomic E-state index is -1.16. The average molecular weight is 599 g/mol. The number of nitrogens with one attached hydrogen (secondary N) is 1. The number of hydrogen-bond acceptors (Lipinski definition) is 7. The predicted octanol–water partition coefficient (Wildman–Crippen LogP) is 6.16. The van der Waals surface area contributed by atoms with Crippen molar-refractivity contribution in [3.05, 3.63) is 59.3 Å². The lowest BCUT2D eigenvalue weighted by Gasteiger charge is -2.15. The summed E-state index contributed by atoms with van der Waals surface area (Å²) in [4.78, 5) is 20.1. The topological polar surface area (TPSA) is 134 Å². The molecular formula is C27H36BrN7O2Si. The Morgan fingerprint density at radius 2 is 1.71 bits per heavy atom. The summed E-state index contributed by atoms with van der Waals surface area (Å²) in [5.41, 5.74) is 13.9. The fourth-order valence-corrected chi connectivity index (χ4v) is 4.45. The van der Waals surface area contributed by atoms with E-state index in [1.807, 2.05) is 41.9 Å². The number of anilines is 3. The van der Waals surface area contributed by atoms with Crippen LogP contribution in [-0.2, 0) is 16.3 Å². The summed E-state index contributed by atoms with van der Waals surface area (Å²) in [6.07, 6.45) is 4.68. The number of halogens is 1.